The zero-order valence-electron chi connectivity index (χ0n) is 10.8. The van der Waals surface area contributed by atoms with E-state index < -0.39 is 5.54 Å². The minimum atomic E-state index is -0.671. The number of benzene rings is 1. The number of aliphatic hydroxyl groups excluding tert-OH is 1. The fraction of sp³-hybridized carbons (Fsp3) is 0.571. The van der Waals surface area contributed by atoms with E-state index >= 15 is 0 Å². The molecule has 0 fully saturated rings. The highest BCUT2D eigenvalue weighted by molar-refractivity contribution is 5.26. The standard InChI is InChI=1S/C14H22FNO/c1-4-14(10-17,16-9-11(2)3)12-7-5-6-8-13(12)15/h5-8,11,16-17H,4,9-10H2,1-3H3. The number of halogens is 1. The van der Waals surface area contributed by atoms with E-state index in [-0.39, 0.29) is 12.4 Å². The van der Waals surface area contributed by atoms with Gasteiger partial charge in [-0.1, -0.05) is 39.0 Å². The first-order chi connectivity index (χ1) is 8.05. The topological polar surface area (TPSA) is 32.3 Å². The highest BCUT2D eigenvalue weighted by Crippen LogP contribution is 2.27. The minimum absolute atomic E-state index is 0.100. The second-order valence-electron chi connectivity index (χ2n) is 4.85. The summed E-state index contributed by atoms with van der Waals surface area (Å²) in [6.45, 7) is 6.79. The Morgan fingerprint density at radius 3 is 2.47 bits per heavy atom. The van der Waals surface area contributed by atoms with Crippen molar-refractivity contribution in [1.29, 1.82) is 0 Å². The van der Waals surface area contributed by atoms with Gasteiger partial charge >= 0.3 is 0 Å². The van der Waals surface area contributed by atoms with Crippen LogP contribution in [0.3, 0.4) is 0 Å². The molecule has 0 bridgehead atoms. The summed E-state index contributed by atoms with van der Waals surface area (Å²) in [6, 6.07) is 6.64. The fourth-order valence-electron chi connectivity index (χ4n) is 1.91. The van der Waals surface area contributed by atoms with Crippen molar-refractivity contribution in [1.82, 2.24) is 5.32 Å². The lowest BCUT2D eigenvalue weighted by molar-refractivity contribution is 0.148. The Kier molecular flexibility index (Phi) is 5.09. The van der Waals surface area contributed by atoms with Gasteiger partial charge in [-0.05, 0) is 24.9 Å². The molecule has 0 aliphatic rings. The van der Waals surface area contributed by atoms with Gasteiger partial charge in [-0.15, -0.1) is 0 Å². The molecule has 0 amide bonds. The molecule has 3 heteroatoms. The molecule has 2 nitrogen and oxygen atoms in total. The Bertz CT molecular complexity index is 348. The monoisotopic (exact) mass is 239 g/mol. The Morgan fingerprint density at radius 1 is 1.35 bits per heavy atom. The van der Waals surface area contributed by atoms with Crippen molar-refractivity contribution in [3.05, 3.63) is 35.6 Å². The third-order valence-corrected chi connectivity index (χ3v) is 3.11. The maximum absolute atomic E-state index is 13.8. The van der Waals surface area contributed by atoms with E-state index in [4.69, 9.17) is 0 Å². The summed E-state index contributed by atoms with van der Waals surface area (Å²) in [6.07, 6.45) is 0.650. The summed E-state index contributed by atoms with van der Waals surface area (Å²) in [5.41, 5.74) is -0.124. The molecule has 0 aromatic heterocycles. The van der Waals surface area contributed by atoms with E-state index in [1.807, 2.05) is 6.92 Å². The normalized spacial score (nSPS) is 14.9. The van der Waals surface area contributed by atoms with Crippen molar-refractivity contribution in [3.8, 4) is 0 Å². The molecule has 2 N–H and O–H groups in total. The van der Waals surface area contributed by atoms with Crippen molar-refractivity contribution in [2.24, 2.45) is 5.92 Å². The first-order valence-electron chi connectivity index (χ1n) is 6.16. The molecule has 0 aliphatic carbocycles. The van der Waals surface area contributed by atoms with Gasteiger partial charge < -0.3 is 10.4 Å². The van der Waals surface area contributed by atoms with Gasteiger partial charge in [0.1, 0.15) is 5.82 Å². The van der Waals surface area contributed by atoms with Crippen LogP contribution in [0.2, 0.25) is 0 Å². The van der Waals surface area contributed by atoms with Gasteiger partial charge in [0.05, 0.1) is 12.1 Å². The van der Waals surface area contributed by atoms with Crippen molar-refractivity contribution in [3.63, 3.8) is 0 Å². The van der Waals surface area contributed by atoms with Crippen LogP contribution in [0.1, 0.15) is 32.8 Å². The largest absolute Gasteiger partial charge is 0.394 e. The van der Waals surface area contributed by atoms with E-state index in [1.165, 1.54) is 6.07 Å². The lowest BCUT2D eigenvalue weighted by Gasteiger charge is -2.33. The molecule has 0 aliphatic heterocycles. The summed E-state index contributed by atoms with van der Waals surface area (Å²) in [4.78, 5) is 0. The molecular weight excluding hydrogens is 217 g/mol. The molecule has 17 heavy (non-hydrogen) atoms. The Morgan fingerprint density at radius 2 is 2.00 bits per heavy atom. The van der Waals surface area contributed by atoms with Crippen LogP contribution >= 0.6 is 0 Å². The molecule has 0 spiro atoms. The minimum Gasteiger partial charge on any atom is -0.394 e. The molecular formula is C14H22FNO. The molecule has 0 saturated heterocycles. The van der Waals surface area contributed by atoms with Crippen LogP contribution in [-0.4, -0.2) is 18.3 Å². The van der Waals surface area contributed by atoms with Gasteiger partial charge in [-0.3, -0.25) is 0 Å². The Hall–Kier alpha value is -0.930. The average Bonchev–Trinajstić information content (AvgIpc) is 2.32. The van der Waals surface area contributed by atoms with E-state index in [0.717, 1.165) is 6.54 Å². The molecule has 1 rings (SSSR count). The zero-order chi connectivity index (χ0) is 12.9. The van der Waals surface area contributed by atoms with Gasteiger partial charge in [0.2, 0.25) is 0 Å². The third-order valence-electron chi connectivity index (χ3n) is 3.11. The van der Waals surface area contributed by atoms with Gasteiger partial charge in [0.25, 0.3) is 0 Å². The number of rotatable bonds is 6. The van der Waals surface area contributed by atoms with E-state index in [1.54, 1.807) is 18.2 Å². The van der Waals surface area contributed by atoms with Crippen LogP contribution in [0.4, 0.5) is 4.39 Å². The Balaban J connectivity index is 3.02. The van der Waals surface area contributed by atoms with Crippen LogP contribution in [-0.2, 0) is 5.54 Å². The average molecular weight is 239 g/mol. The van der Waals surface area contributed by atoms with E-state index in [0.29, 0.717) is 17.9 Å². The predicted octanol–water partition coefficient (Wildman–Crippen LogP) is 2.67. The summed E-state index contributed by atoms with van der Waals surface area (Å²) in [7, 11) is 0. The lowest BCUT2D eigenvalue weighted by atomic mass is 9.87. The predicted molar refractivity (Wildman–Crippen MR) is 68.3 cm³/mol. The zero-order valence-corrected chi connectivity index (χ0v) is 10.8. The van der Waals surface area contributed by atoms with Crippen molar-refractivity contribution in [2.45, 2.75) is 32.7 Å². The SMILES string of the molecule is CCC(CO)(NCC(C)C)c1ccccc1F. The summed E-state index contributed by atoms with van der Waals surface area (Å²) < 4.78 is 13.8. The van der Waals surface area contributed by atoms with Gasteiger partial charge in [0.15, 0.2) is 0 Å². The quantitative estimate of drug-likeness (QED) is 0.800. The second kappa shape index (κ2) is 6.12. The summed E-state index contributed by atoms with van der Waals surface area (Å²) in [5.74, 6) is 0.193. The second-order valence-corrected chi connectivity index (χ2v) is 4.85. The first-order valence-corrected chi connectivity index (χ1v) is 6.16. The smallest absolute Gasteiger partial charge is 0.128 e. The highest BCUT2D eigenvalue weighted by atomic mass is 19.1. The van der Waals surface area contributed by atoms with Crippen molar-refractivity contribution < 1.29 is 9.50 Å². The van der Waals surface area contributed by atoms with E-state index in [2.05, 4.69) is 19.2 Å². The maximum atomic E-state index is 13.8. The molecule has 0 heterocycles. The highest BCUT2D eigenvalue weighted by Gasteiger charge is 2.31. The number of hydrogen-bond donors (Lipinski definition) is 2. The van der Waals surface area contributed by atoms with Crippen LogP contribution in [0, 0.1) is 11.7 Å². The van der Waals surface area contributed by atoms with Crippen LogP contribution in [0.25, 0.3) is 0 Å². The van der Waals surface area contributed by atoms with Crippen LogP contribution in [0.15, 0.2) is 24.3 Å². The molecule has 1 atom stereocenters. The number of aliphatic hydroxyl groups is 1. The lowest BCUT2D eigenvalue weighted by Crippen LogP contribution is -2.47. The maximum Gasteiger partial charge on any atom is 0.128 e. The molecule has 0 saturated carbocycles. The fourth-order valence-corrected chi connectivity index (χ4v) is 1.91. The van der Waals surface area contributed by atoms with Gasteiger partial charge in [-0.2, -0.15) is 0 Å². The van der Waals surface area contributed by atoms with Crippen LogP contribution in [0.5, 0.6) is 0 Å². The summed E-state index contributed by atoms with van der Waals surface area (Å²) >= 11 is 0. The van der Waals surface area contributed by atoms with Crippen molar-refractivity contribution >= 4 is 0 Å². The van der Waals surface area contributed by atoms with E-state index in [9.17, 15) is 9.50 Å². The molecule has 1 unspecified atom stereocenters. The first kappa shape index (κ1) is 14.1. The molecule has 1 aromatic rings. The summed E-state index contributed by atoms with van der Waals surface area (Å²) in [5, 5.41) is 12.9. The number of hydrogen-bond acceptors (Lipinski definition) is 2. The molecule has 96 valence electrons. The van der Waals surface area contributed by atoms with Gasteiger partial charge in [-0.25, -0.2) is 4.39 Å². The number of nitrogens with one attached hydrogen (secondary N) is 1. The Labute approximate surface area is 103 Å². The molecule has 1 aromatic carbocycles. The molecule has 0 radical (unpaired) electrons. The van der Waals surface area contributed by atoms with Gasteiger partial charge in [0, 0.05) is 5.56 Å². The van der Waals surface area contributed by atoms with Crippen LogP contribution < -0.4 is 5.32 Å². The van der Waals surface area contributed by atoms with Crippen molar-refractivity contribution in [2.75, 3.05) is 13.2 Å². The third kappa shape index (κ3) is 3.27.